The van der Waals surface area contributed by atoms with Crippen molar-refractivity contribution in [2.75, 3.05) is 17.8 Å². The highest BCUT2D eigenvalue weighted by atomic mass is 35.5. The van der Waals surface area contributed by atoms with Crippen LogP contribution in [0.15, 0.2) is 18.2 Å². The zero-order chi connectivity index (χ0) is 13.4. The van der Waals surface area contributed by atoms with E-state index < -0.39 is 0 Å². The molecule has 0 spiro atoms. The van der Waals surface area contributed by atoms with Crippen LogP contribution in [0.25, 0.3) is 0 Å². The molecular formula is C13H17Cl2NO2. The third-order valence-electron chi connectivity index (χ3n) is 2.30. The number of amides is 1. The number of carbonyl (C=O) groups excluding carboxylic acids is 1. The Hall–Kier alpha value is -0.930. The highest BCUT2D eigenvalue weighted by Gasteiger charge is 2.05. The lowest BCUT2D eigenvalue weighted by Gasteiger charge is -2.09. The Balaban J connectivity index is 2.52. The molecule has 100 valence electrons. The van der Waals surface area contributed by atoms with Crippen LogP contribution in [0.1, 0.15) is 26.2 Å². The molecule has 0 heterocycles. The molecule has 0 saturated heterocycles. The summed E-state index contributed by atoms with van der Waals surface area (Å²) in [5.74, 6) is 1.18. The molecule has 3 nitrogen and oxygen atoms in total. The van der Waals surface area contributed by atoms with E-state index in [0.29, 0.717) is 35.4 Å². The lowest BCUT2D eigenvalue weighted by Crippen LogP contribution is -2.11. The molecule has 0 aliphatic rings. The van der Waals surface area contributed by atoms with Gasteiger partial charge in [-0.25, -0.2) is 0 Å². The van der Waals surface area contributed by atoms with Crippen LogP contribution in [0.3, 0.4) is 0 Å². The summed E-state index contributed by atoms with van der Waals surface area (Å²) in [6.07, 6.45) is 2.11. The lowest BCUT2D eigenvalue weighted by molar-refractivity contribution is -0.116. The molecule has 0 aliphatic heterocycles. The van der Waals surface area contributed by atoms with E-state index in [-0.39, 0.29) is 5.91 Å². The van der Waals surface area contributed by atoms with Crippen LogP contribution in [0, 0.1) is 0 Å². The third kappa shape index (κ3) is 5.15. The Bertz CT molecular complexity index is 397. The first-order chi connectivity index (χ1) is 8.67. The maximum Gasteiger partial charge on any atom is 0.224 e. The summed E-state index contributed by atoms with van der Waals surface area (Å²) in [7, 11) is 0. The fraction of sp³-hybridized carbons (Fsp3) is 0.462. The van der Waals surface area contributed by atoms with Crippen LogP contribution in [-0.4, -0.2) is 18.4 Å². The van der Waals surface area contributed by atoms with E-state index >= 15 is 0 Å². The normalized spacial score (nSPS) is 10.2. The molecule has 1 aromatic carbocycles. The monoisotopic (exact) mass is 289 g/mol. The molecule has 1 N–H and O–H groups in total. The van der Waals surface area contributed by atoms with E-state index in [4.69, 9.17) is 27.9 Å². The molecule has 0 unspecified atom stereocenters. The standard InChI is InChI=1S/C13H17Cl2NO2/c1-2-18-12-7-6-10(9-11(12)15)16-13(17)5-3-4-8-14/h6-7,9H,2-5,8H2,1H3,(H,16,17). The van der Waals surface area contributed by atoms with Crippen molar-refractivity contribution in [1.29, 1.82) is 0 Å². The topological polar surface area (TPSA) is 38.3 Å². The number of halogens is 2. The van der Waals surface area contributed by atoms with Gasteiger partial charge in [0.15, 0.2) is 0 Å². The largest absolute Gasteiger partial charge is 0.492 e. The molecule has 0 fully saturated rings. The Labute approximate surface area is 117 Å². The average Bonchev–Trinajstić information content (AvgIpc) is 2.33. The van der Waals surface area contributed by atoms with Crippen LogP contribution < -0.4 is 10.1 Å². The SMILES string of the molecule is CCOc1ccc(NC(=O)CCCCCl)cc1Cl. The predicted octanol–water partition coefficient (Wildman–Crippen LogP) is 4.09. The van der Waals surface area contributed by atoms with E-state index in [1.807, 2.05) is 6.92 Å². The number of carbonyl (C=O) groups is 1. The van der Waals surface area contributed by atoms with Gasteiger partial charge in [-0.15, -0.1) is 11.6 Å². The fourth-order valence-electron chi connectivity index (χ4n) is 1.45. The Kier molecular flexibility index (Phi) is 6.91. The minimum atomic E-state index is -0.0275. The highest BCUT2D eigenvalue weighted by Crippen LogP contribution is 2.27. The van der Waals surface area contributed by atoms with E-state index in [9.17, 15) is 4.79 Å². The van der Waals surface area contributed by atoms with Gasteiger partial charge in [0.1, 0.15) is 5.75 Å². The Morgan fingerprint density at radius 2 is 2.17 bits per heavy atom. The van der Waals surface area contributed by atoms with E-state index in [1.54, 1.807) is 18.2 Å². The summed E-state index contributed by atoms with van der Waals surface area (Å²) in [5.41, 5.74) is 0.680. The van der Waals surface area contributed by atoms with Crippen molar-refractivity contribution in [1.82, 2.24) is 0 Å². The minimum absolute atomic E-state index is 0.0275. The van der Waals surface area contributed by atoms with E-state index in [1.165, 1.54) is 0 Å². The van der Waals surface area contributed by atoms with Crippen molar-refractivity contribution < 1.29 is 9.53 Å². The molecule has 0 aliphatic carbocycles. The van der Waals surface area contributed by atoms with Gasteiger partial charge in [0, 0.05) is 18.0 Å². The molecule has 0 radical (unpaired) electrons. The first-order valence-electron chi connectivity index (χ1n) is 5.95. The predicted molar refractivity (Wildman–Crippen MR) is 75.8 cm³/mol. The molecule has 1 aromatic rings. The van der Waals surface area contributed by atoms with Crippen molar-refractivity contribution in [2.45, 2.75) is 26.2 Å². The highest BCUT2D eigenvalue weighted by molar-refractivity contribution is 6.32. The zero-order valence-corrected chi connectivity index (χ0v) is 11.9. The average molecular weight is 290 g/mol. The molecule has 5 heteroatoms. The molecule has 0 atom stereocenters. The summed E-state index contributed by atoms with van der Waals surface area (Å²) in [6, 6.07) is 5.21. The zero-order valence-electron chi connectivity index (χ0n) is 10.3. The number of hydrogen-bond acceptors (Lipinski definition) is 2. The molecule has 0 saturated carbocycles. The molecule has 18 heavy (non-hydrogen) atoms. The second-order valence-corrected chi connectivity index (χ2v) is 4.56. The number of rotatable bonds is 7. The minimum Gasteiger partial charge on any atom is -0.492 e. The molecule has 0 bridgehead atoms. The number of nitrogens with one attached hydrogen (secondary N) is 1. The van der Waals surface area contributed by atoms with Crippen LogP contribution >= 0.6 is 23.2 Å². The molecule has 1 rings (SSSR count). The summed E-state index contributed by atoms with van der Waals surface area (Å²) >= 11 is 11.6. The van der Waals surface area contributed by atoms with Crippen LogP contribution in [-0.2, 0) is 4.79 Å². The van der Waals surface area contributed by atoms with E-state index in [2.05, 4.69) is 5.32 Å². The third-order valence-corrected chi connectivity index (χ3v) is 2.87. The number of hydrogen-bond donors (Lipinski definition) is 1. The van der Waals surface area contributed by atoms with Gasteiger partial charge in [-0.3, -0.25) is 4.79 Å². The van der Waals surface area contributed by atoms with Crippen molar-refractivity contribution in [3.8, 4) is 5.75 Å². The van der Waals surface area contributed by atoms with Crippen molar-refractivity contribution in [3.05, 3.63) is 23.2 Å². The van der Waals surface area contributed by atoms with Crippen molar-refractivity contribution >= 4 is 34.8 Å². The van der Waals surface area contributed by atoms with Crippen molar-refractivity contribution in [2.24, 2.45) is 0 Å². The van der Waals surface area contributed by atoms with Gasteiger partial charge in [-0.1, -0.05) is 11.6 Å². The van der Waals surface area contributed by atoms with Gasteiger partial charge in [0.05, 0.1) is 11.6 Å². The lowest BCUT2D eigenvalue weighted by atomic mass is 10.2. The van der Waals surface area contributed by atoms with Gasteiger partial charge < -0.3 is 10.1 Å². The summed E-state index contributed by atoms with van der Waals surface area (Å²) in [5, 5.41) is 3.28. The summed E-state index contributed by atoms with van der Waals surface area (Å²) in [6.45, 7) is 2.45. The quantitative estimate of drug-likeness (QED) is 0.607. The maximum atomic E-state index is 11.6. The Morgan fingerprint density at radius 1 is 1.39 bits per heavy atom. The molecule has 1 amide bonds. The Morgan fingerprint density at radius 3 is 2.78 bits per heavy atom. The van der Waals surface area contributed by atoms with Crippen LogP contribution in [0.2, 0.25) is 5.02 Å². The fourth-order valence-corrected chi connectivity index (χ4v) is 1.88. The second-order valence-electron chi connectivity index (χ2n) is 3.77. The molecular weight excluding hydrogens is 273 g/mol. The van der Waals surface area contributed by atoms with Gasteiger partial charge in [-0.05, 0) is 38.0 Å². The van der Waals surface area contributed by atoms with Gasteiger partial charge in [0.2, 0.25) is 5.91 Å². The molecule has 0 aromatic heterocycles. The van der Waals surface area contributed by atoms with E-state index in [0.717, 1.165) is 12.8 Å². The number of anilines is 1. The van der Waals surface area contributed by atoms with Gasteiger partial charge >= 0.3 is 0 Å². The summed E-state index contributed by atoms with van der Waals surface area (Å²) in [4.78, 5) is 11.6. The second kappa shape index (κ2) is 8.22. The maximum absolute atomic E-state index is 11.6. The number of ether oxygens (including phenoxy) is 1. The number of benzene rings is 1. The van der Waals surface area contributed by atoms with Gasteiger partial charge in [-0.2, -0.15) is 0 Å². The first-order valence-corrected chi connectivity index (χ1v) is 6.86. The number of unbranched alkanes of at least 4 members (excludes halogenated alkanes) is 1. The van der Waals surface area contributed by atoms with Crippen LogP contribution in [0.4, 0.5) is 5.69 Å². The van der Waals surface area contributed by atoms with Crippen molar-refractivity contribution in [3.63, 3.8) is 0 Å². The smallest absolute Gasteiger partial charge is 0.224 e. The number of alkyl halides is 1. The summed E-state index contributed by atoms with van der Waals surface area (Å²) < 4.78 is 5.32. The first kappa shape index (κ1) is 15.1. The van der Waals surface area contributed by atoms with Crippen LogP contribution in [0.5, 0.6) is 5.75 Å². The van der Waals surface area contributed by atoms with Gasteiger partial charge in [0.25, 0.3) is 0 Å².